The van der Waals surface area contributed by atoms with Gasteiger partial charge in [0.15, 0.2) is 0 Å². The third-order valence-corrected chi connectivity index (χ3v) is 4.78. The summed E-state index contributed by atoms with van der Waals surface area (Å²) in [5.41, 5.74) is 0.704. The molecular weight excluding hydrogens is 368 g/mol. The van der Waals surface area contributed by atoms with Crippen molar-refractivity contribution in [2.24, 2.45) is 0 Å². The molecule has 1 aliphatic rings. The number of benzene rings is 1. The SMILES string of the molecule is CCCOc1ccc(NC(=O)CCC(=O)N2CCN(c3ccccn3)CC2)cc1. The fourth-order valence-electron chi connectivity index (χ4n) is 3.18. The Labute approximate surface area is 171 Å². The van der Waals surface area contributed by atoms with Crippen molar-refractivity contribution in [3.63, 3.8) is 0 Å². The second-order valence-electron chi connectivity index (χ2n) is 6.98. The van der Waals surface area contributed by atoms with E-state index in [1.54, 1.807) is 6.20 Å². The fraction of sp³-hybridized carbons (Fsp3) is 0.409. The van der Waals surface area contributed by atoms with Crippen LogP contribution in [-0.2, 0) is 9.59 Å². The number of ether oxygens (including phenoxy) is 1. The van der Waals surface area contributed by atoms with E-state index in [4.69, 9.17) is 4.74 Å². The highest BCUT2D eigenvalue weighted by atomic mass is 16.5. The second-order valence-corrected chi connectivity index (χ2v) is 6.98. The topological polar surface area (TPSA) is 74.8 Å². The Hall–Kier alpha value is -3.09. The maximum atomic E-state index is 12.4. The molecule has 0 spiro atoms. The molecule has 1 aliphatic heterocycles. The van der Waals surface area contributed by atoms with Gasteiger partial charge >= 0.3 is 0 Å². The van der Waals surface area contributed by atoms with E-state index in [0.717, 1.165) is 31.1 Å². The molecule has 1 N–H and O–H groups in total. The number of nitrogens with one attached hydrogen (secondary N) is 1. The summed E-state index contributed by atoms with van der Waals surface area (Å²) < 4.78 is 5.53. The van der Waals surface area contributed by atoms with Crippen LogP contribution in [0.15, 0.2) is 48.7 Å². The fourth-order valence-corrected chi connectivity index (χ4v) is 3.18. The molecule has 1 aromatic carbocycles. The number of anilines is 2. The first-order valence-electron chi connectivity index (χ1n) is 10.1. The summed E-state index contributed by atoms with van der Waals surface area (Å²) in [5.74, 6) is 1.58. The maximum Gasteiger partial charge on any atom is 0.224 e. The van der Waals surface area contributed by atoms with Crippen molar-refractivity contribution in [3.8, 4) is 5.75 Å². The number of pyridine rings is 1. The van der Waals surface area contributed by atoms with Crippen LogP contribution in [0.3, 0.4) is 0 Å². The van der Waals surface area contributed by atoms with Gasteiger partial charge in [0, 0.05) is 50.9 Å². The molecule has 7 heteroatoms. The number of carbonyl (C=O) groups excluding carboxylic acids is 2. The molecule has 0 saturated carbocycles. The lowest BCUT2D eigenvalue weighted by molar-refractivity contribution is -0.133. The van der Waals surface area contributed by atoms with Gasteiger partial charge in [-0.15, -0.1) is 0 Å². The molecule has 0 atom stereocenters. The van der Waals surface area contributed by atoms with Gasteiger partial charge in [-0.1, -0.05) is 13.0 Å². The van der Waals surface area contributed by atoms with E-state index in [1.807, 2.05) is 47.4 Å². The predicted octanol–water partition coefficient (Wildman–Crippen LogP) is 2.94. The molecular formula is C22H28N4O3. The normalized spacial score (nSPS) is 13.8. The van der Waals surface area contributed by atoms with E-state index in [9.17, 15) is 9.59 Å². The molecule has 2 aromatic rings. The molecule has 1 saturated heterocycles. The van der Waals surface area contributed by atoms with E-state index < -0.39 is 0 Å². The number of piperazine rings is 1. The van der Waals surface area contributed by atoms with Gasteiger partial charge in [0.05, 0.1) is 6.61 Å². The average molecular weight is 396 g/mol. The van der Waals surface area contributed by atoms with Crippen molar-refractivity contribution in [2.45, 2.75) is 26.2 Å². The van der Waals surface area contributed by atoms with E-state index >= 15 is 0 Å². The summed E-state index contributed by atoms with van der Waals surface area (Å²) in [6.45, 7) is 5.52. The highest BCUT2D eigenvalue weighted by molar-refractivity contribution is 5.93. The van der Waals surface area contributed by atoms with Crippen LogP contribution in [-0.4, -0.2) is 54.5 Å². The van der Waals surface area contributed by atoms with E-state index in [-0.39, 0.29) is 24.7 Å². The average Bonchev–Trinajstić information content (AvgIpc) is 2.78. The number of carbonyl (C=O) groups is 2. The first-order chi connectivity index (χ1) is 14.2. The summed E-state index contributed by atoms with van der Waals surface area (Å²) in [7, 11) is 0. The third-order valence-electron chi connectivity index (χ3n) is 4.78. The molecule has 0 unspecified atom stereocenters. The molecule has 1 fully saturated rings. The van der Waals surface area contributed by atoms with Gasteiger partial charge in [-0.25, -0.2) is 4.98 Å². The quantitative estimate of drug-likeness (QED) is 0.743. The third kappa shape index (κ3) is 6.20. The lowest BCUT2D eigenvalue weighted by Crippen LogP contribution is -2.49. The number of hydrogen-bond donors (Lipinski definition) is 1. The number of aromatic nitrogens is 1. The van der Waals surface area contributed by atoms with Crippen molar-refractivity contribution >= 4 is 23.3 Å². The minimum atomic E-state index is -0.160. The molecule has 0 bridgehead atoms. The van der Waals surface area contributed by atoms with Crippen molar-refractivity contribution in [1.29, 1.82) is 0 Å². The summed E-state index contributed by atoms with van der Waals surface area (Å²) in [5, 5.41) is 2.83. The van der Waals surface area contributed by atoms with Crippen molar-refractivity contribution in [3.05, 3.63) is 48.7 Å². The van der Waals surface area contributed by atoms with Crippen LogP contribution < -0.4 is 15.0 Å². The summed E-state index contributed by atoms with van der Waals surface area (Å²) in [4.78, 5) is 33.0. The molecule has 0 radical (unpaired) electrons. The van der Waals surface area contributed by atoms with Gasteiger partial charge in [0.2, 0.25) is 11.8 Å². The van der Waals surface area contributed by atoms with Crippen molar-refractivity contribution in [2.75, 3.05) is 43.0 Å². The zero-order valence-electron chi connectivity index (χ0n) is 16.8. The van der Waals surface area contributed by atoms with Crippen molar-refractivity contribution < 1.29 is 14.3 Å². The minimum absolute atomic E-state index is 0.0177. The molecule has 29 heavy (non-hydrogen) atoms. The van der Waals surface area contributed by atoms with Crippen LogP contribution in [0.4, 0.5) is 11.5 Å². The first kappa shape index (κ1) is 20.6. The van der Waals surface area contributed by atoms with Gasteiger partial charge in [-0.2, -0.15) is 0 Å². The van der Waals surface area contributed by atoms with Crippen LogP contribution in [0.25, 0.3) is 0 Å². The number of hydrogen-bond acceptors (Lipinski definition) is 5. The van der Waals surface area contributed by atoms with Gasteiger partial charge in [-0.05, 0) is 42.8 Å². The van der Waals surface area contributed by atoms with Crippen LogP contribution in [0.1, 0.15) is 26.2 Å². The molecule has 7 nitrogen and oxygen atoms in total. The van der Waals surface area contributed by atoms with Crippen LogP contribution >= 0.6 is 0 Å². The van der Waals surface area contributed by atoms with Gasteiger partial charge in [-0.3, -0.25) is 9.59 Å². The molecule has 3 rings (SSSR count). The Balaban J connectivity index is 1.38. The lowest BCUT2D eigenvalue weighted by Gasteiger charge is -2.35. The standard InChI is InChI=1S/C22H28N4O3/c1-2-17-29-19-8-6-18(7-9-19)24-21(27)10-11-22(28)26-15-13-25(14-16-26)20-5-3-4-12-23-20/h3-9,12H,2,10-11,13-17H2,1H3,(H,24,27). The van der Waals surface area contributed by atoms with E-state index in [2.05, 4.69) is 22.1 Å². The highest BCUT2D eigenvalue weighted by Crippen LogP contribution is 2.17. The smallest absolute Gasteiger partial charge is 0.224 e. The van der Waals surface area contributed by atoms with Gasteiger partial charge in [0.25, 0.3) is 0 Å². The Morgan fingerprint density at radius 2 is 1.79 bits per heavy atom. The van der Waals surface area contributed by atoms with E-state index in [0.29, 0.717) is 25.4 Å². The predicted molar refractivity (Wildman–Crippen MR) is 113 cm³/mol. The molecule has 2 amide bonds. The monoisotopic (exact) mass is 396 g/mol. The van der Waals surface area contributed by atoms with Crippen molar-refractivity contribution in [1.82, 2.24) is 9.88 Å². The molecule has 2 heterocycles. The van der Waals surface area contributed by atoms with Gasteiger partial charge < -0.3 is 19.9 Å². The Kier molecular flexibility index (Phi) is 7.44. The van der Waals surface area contributed by atoms with E-state index in [1.165, 1.54) is 0 Å². The molecule has 0 aliphatic carbocycles. The Morgan fingerprint density at radius 3 is 2.45 bits per heavy atom. The summed E-state index contributed by atoms with van der Waals surface area (Å²) in [6, 6.07) is 13.1. The first-order valence-corrected chi connectivity index (χ1v) is 10.1. The molecule has 154 valence electrons. The summed E-state index contributed by atoms with van der Waals surface area (Å²) in [6.07, 6.45) is 3.11. The van der Waals surface area contributed by atoms with Gasteiger partial charge in [0.1, 0.15) is 11.6 Å². The highest BCUT2D eigenvalue weighted by Gasteiger charge is 2.22. The number of rotatable bonds is 8. The molecule has 1 aromatic heterocycles. The number of nitrogens with zero attached hydrogens (tertiary/aromatic N) is 3. The second kappa shape index (κ2) is 10.5. The largest absolute Gasteiger partial charge is 0.494 e. The van der Waals surface area contributed by atoms with Crippen LogP contribution in [0.2, 0.25) is 0 Å². The lowest BCUT2D eigenvalue weighted by atomic mass is 10.2. The zero-order chi connectivity index (χ0) is 20.5. The summed E-state index contributed by atoms with van der Waals surface area (Å²) >= 11 is 0. The minimum Gasteiger partial charge on any atom is -0.494 e. The van der Waals surface area contributed by atoms with Crippen LogP contribution in [0, 0.1) is 0 Å². The Morgan fingerprint density at radius 1 is 1.03 bits per heavy atom. The van der Waals surface area contributed by atoms with Crippen LogP contribution in [0.5, 0.6) is 5.75 Å². The zero-order valence-corrected chi connectivity index (χ0v) is 16.8. The maximum absolute atomic E-state index is 12.4. The Bertz CT molecular complexity index is 787. The number of amides is 2.